The van der Waals surface area contributed by atoms with E-state index in [0.29, 0.717) is 5.92 Å². The molecule has 3 atom stereocenters. The average Bonchev–Trinajstić information content (AvgIpc) is 2.75. The van der Waals surface area contributed by atoms with Gasteiger partial charge >= 0.3 is 0 Å². The van der Waals surface area contributed by atoms with E-state index in [-0.39, 0.29) is 6.04 Å². The van der Waals surface area contributed by atoms with Crippen molar-refractivity contribution in [3.8, 4) is 0 Å². The highest BCUT2D eigenvalue weighted by Crippen LogP contribution is 2.57. The lowest BCUT2D eigenvalue weighted by Gasteiger charge is -2.24. The molecule has 0 saturated heterocycles. The second-order valence-corrected chi connectivity index (χ2v) is 5.99. The molecule has 0 aliphatic heterocycles. The zero-order chi connectivity index (χ0) is 11.3. The third-order valence-corrected chi connectivity index (χ3v) is 4.77. The smallest absolute Gasteiger partial charge is 0.0708 e. The predicted molar refractivity (Wildman–Crippen MR) is 65.3 cm³/mol. The van der Waals surface area contributed by atoms with Crippen molar-refractivity contribution < 1.29 is 0 Å². The molecule has 2 saturated carbocycles. The van der Waals surface area contributed by atoms with E-state index in [0.717, 1.165) is 16.3 Å². The first-order valence-corrected chi connectivity index (χ1v) is 6.63. The monoisotopic (exact) mass is 284 g/mol. The molecule has 88 valence electrons. The molecule has 0 aromatic carbocycles. The lowest BCUT2D eigenvalue weighted by atomic mass is 9.92. The molecule has 2 fully saturated rings. The van der Waals surface area contributed by atoms with Crippen LogP contribution in [0.5, 0.6) is 0 Å². The van der Waals surface area contributed by atoms with Gasteiger partial charge in [-0.2, -0.15) is 5.10 Å². The van der Waals surface area contributed by atoms with Crippen LogP contribution in [0.3, 0.4) is 0 Å². The first-order chi connectivity index (χ1) is 7.70. The van der Waals surface area contributed by atoms with E-state index < -0.39 is 0 Å². The van der Waals surface area contributed by atoms with Crippen LogP contribution in [0.25, 0.3) is 0 Å². The molecule has 3 unspecified atom stereocenters. The van der Waals surface area contributed by atoms with Crippen molar-refractivity contribution >= 4 is 15.9 Å². The number of nitrogens with zero attached hydrogens (tertiary/aromatic N) is 2. The molecule has 5 heteroatoms. The molecule has 1 heterocycles. The van der Waals surface area contributed by atoms with Gasteiger partial charge in [0.05, 0.1) is 22.4 Å². The first kappa shape index (κ1) is 10.7. The van der Waals surface area contributed by atoms with Gasteiger partial charge in [0.25, 0.3) is 0 Å². The van der Waals surface area contributed by atoms with E-state index in [4.69, 9.17) is 5.84 Å². The van der Waals surface area contributed by atoms with Crippen molar-refractivity contribution in [1.29, 1.82) is 0 Å². The van der Waals surface area contributed by atoms with Crippen molar-refractivity contribution in [3.63, 3.8) is 0 Å². The summed E-state index contributed by atoms with van der Waals surface area (Å²) in [6.07, 6.45) is 5.92. The van der Waals surface area contributed by atoms with Crippen LogP contribution in [0.15, 0.2) is 10.7 Å². The maximum Gasteiger partial charge on any atom is 0.0708 e. The maximum absolute atomic E-state index is 5.73. The number of nitrogens with two attached hydrogens (primary N) is 1. The summed E-state index contributed by atoms with van der Waals surface area (Å²) in [5.41, 5.74) is 4.15. The van der Waals surface area contributed by atoms with E-state index in [1.54, 1.807) is 0 Å². The molecule has 1 aromatic heterocycles. The highest BCUT2D eigenvalue weighted by Gasteiger charge is 2.48. The van der Waals surface area contributed by atoms with E-state index in [1.807, 2.05) is 17.9 Å². The maximum atomic E-state index is 5.73. The molecule has 16 heavy (non-hydrogen) atoms. The number of halogens is 1. The number of fused-ring (bicyclic) bond motifs is 1. The molecule has 3 N–H and O–H groups in total. The number of hydrogen-bond acceptors (Lipinski definition) is 3. The summed E-state index contributed by atoms with van der Waals surface area (Å²) < 4.78 is 2.97. The minimum Gasteiger partial charge on any atom is -0.271 e. The molecule has 0 radical (unpaired) electrons. The van der Waals surface area contributed by atoms with Crippen molar-refractivity contribution in [1.82, 2.24) is 15.2 Å². The van der Waals surface area contributed by atoms with Gasteiger partial charge in [-0.3, -0.25) is 16.0 Å². The molecule has 0 amide bonds. The van der Waals surface area contributed by atoms with Crippen LogP contribution in [0, 0.1) is 17.8 Å². The Kier molecular flexibility index (Phi) is 2.57. The van der Waals surface area contributed by atoms with Crippen LogP contribution >= 0.6 is 15.9 Å². The van der Waals surface area contributed by atoms with Gasteiger partial charge in [-0.15, -0.1) is 0 Å². The Labute approximate surface area is 104 Å². The summed E-state index contributed by atoms with van der Waals surface area (Å²) >= 11 is 3.55. The second kappa shape index (κ2) is 3.82. The zero-order valence-corrected chi connectivity index (χ0v) is 10.9. The lowest BCUT2D eigenvalue weighted by Crippen LogP contribution is -2.34. The molecule has 1 aromatic rings. The largest absolute Gasteiger partial charge is 0.271 e. The molecular formula is C11H17BrN4. The van der Waals surface area contributed by atoms with Crippen LogP contribution in [0.1, 0.15) is 31.0 Å². The highest BCUT2D eigenvalue weighted by atomic mass is 79.9. The fourth-order valence-corrected chi connectivity index (χ4v) is 3.84. The Hall–Kier alpha value is -0.390. The Bertz CT molecular complexity index is 373. The average molecular weight is 285 g/mol. The van der Waals surface area contributed by atoms with Crippen LogP contribution in [0.4, 0.5) is 0 Å². The summed E-state index contributed by atoms with van der Waals surface area (Å²) in [5.74, 6) is 8.36. The van der Waals surface area contributed by atoms with Crippen molar-refractivity contribution in [2.24, 2.45) is 30.6 Å². The highest BCUT2D eigenvalue weighted by molar-refractivity contribution is 9.10. The van der Waals surface area contributed by atoms with E-state index >= 15 is 0 Å². The number of aromatic nitrogens is 2. The van der Waals surface area contributed by atoms with Crippen molar-refractivity contribution in [3.05, 3.63) is 16.4 Å². The lowest BCUT2D eigenvalue weighted by molar-refractivity contribution is 0.330. The second-order valence-electron chi connectivity index (χ2n) is 5.13. The van der Waals surface area contributed by atoms with Gasteiger partial charge in [0, 0.05) is 7.05 Å². The molecule has 2 aliphatic carbocycles. The summed E-state index contributed by atoms with van der Waals surface area (Å²) in [4.78, 5) is 0. The minimum atomic E-state index is 0.231. The van der Waals surface area contributed by atoms with E-state index in [1.165, 1.54) is 25.0 Å². The van der Waals surface area contributed by atoms with Gasteiger partial charge in [-0.05, 0) is 52.9 Å². The minimum absolute atomic E-state index is 0.231. The van der Waals surface area contributed by atoms with E-state index in [2.05, 4.69) is 26.5 Å². The third kappa shape index (κ3) is 1.61. The van der Waals surface area contributed by atoms with Crippen LogP contribution in [0.2, 0.25) is 0 Å². The normalized spacial score (nSPS) is 33.8. The van der Waals surface area contributed by atoms with Crippen molar-refractivity contribution in [2.45, 2.75) is 25.3 Å². The molecule has 3 rings (SSSR count). The number of rotatable bonds is 3. The summed E-state index contributed by atoms with van der Waals surface area (Å²) in [6.45, 7) is 0. The molecule has 0 bridgehead atoms. The number of aryl methyl sites for hydroxylation is 1. The number of hydrazine groups is 1. The Morgan fingerprint density at radius 1 is 1.50 bits per heavy atom. The fourth-order valence-electron chi connectivity index (χ4n) is 3.24. The van der Waals surface area contributed by atoms with Gasteiger partial charge in [0.15, 0.2) is 0 Å². The Morgan fingerprint density at radius 3 is 2.69 bits per heavy atom. The van der Waals surface area contributed by atoms with Crippen LogP contribution < -0.4 is 11.3 Å². The topological polar surface area (TPSA) is 55.9 Å². The van der Waals surface area contributed by atoms with Crippen LogP contribution in [-0.4, -0.2) is 9.78 Å². The van der Waals surface area contributed by atoms with Gasteiger partial charge in [0.1, 0.15) is 0 Å². The Balaban J connectivity index is 1.85. The number of nitrogens with one attached hydrogen (secondary N) is 1. The SMILES string of the molecule is Cn1ncc(Br)c1C(NN)C1CC2CC2C1. The fraction of sp³-hybridized carbons (Fsp3) is 0.727. The van der Waals surface area contributed by atoms with Gasteiger partial charge in [0.2, 0.25) is 0 Å². The van der Waals surface area contributed by atoms with Crippen molar-refractivity contribution in [2.75, 3.05) is 0 Å². The zero-order valence-electron chi connectivity index (χ0n) is 9.36. The molecule has 0 spiro atoms. The standard InChI is InChI=1S/C11H17BrN4/c1-16-11(9(12)5-14-16)10(15-13)8-3-6-2-7(6)4-8/h5-8,10,15H,2-4,13H2,1H3. The quantitative estimate of drug-likeness (QED) is 0.657. The molecule has 4 nitrogen and oxygen atoms in total. The van der Waals surface area contributed by atoms with E-state index in [9.17, 15) is 0 Å². The van der Waals surface area contributed by atoms with Gasteiger partial charge < -0.3 is 0 Å². The predicted octanol–water partition coefficient (Wildman–Crippen LogP) is 1.73. The Morgan fingerprint density at radius 2 is 2.19 bits per heavy atom. The van der Waals surface area contributed by atoms with Gasteiger partial charge in [-0.1, -0.05) is 0 Å². The molecule has 2 aliphatic rings. The molecular weight excluding hydrogens is 268 g/mol. The van der Waals surface area contributed by atoms with Gasteiger partial charge in [-0.25, -0.2) is 0 Å². The summed E-state index contributed by atoms with van der Waals surface area (Å²) in [6, 6.07) is 0.231. The first-order valence-electron chi connectivity index (χ1n) is 5.84. The summed E-state index contributed by atoms with van der Waals surface area (Å²) in [5, 5.41) is 4.26. The van der Waals surface area contributed by atoms with Crippen LogP contribution in [-0.2, 0) is 7.05 Å². The number of hydrogen-bond donors (Lipinski definition) is 2. The third-order valence-electron chi connectivity index (χ3n) is 4.16. The summed E-state index contributed by atoms with van der Waals surface area (Å²) in [7, 11) is 1.97.